The highest BCUT2D eigenvalue weighted by Gasteiger charge is 2.12. The van der Waals surface area contributed by atoms with Crippen LogP contribution in [0.4, 0.5) is 0 Å². The van der Waals surface area contributed by atoms with Gasteiger partial charge in [-0.05, 0) is 58.1 Å². The van der Waals surface area contributed by atoms with Gasteiger partial charge in [-0.1, -0.05) is 25.3 Å². The molecule has 2 rings (SSSR count). The lowest BCUT2D eigenvalue weighted by atomic mass is 10.1. The molecule has 0 aliphatic carbocycles. The zero-order valence-electron chi connectivity index (χ0n) is 16.9. The van der Waals surface area contributed by atoms with Crippen LogP contribution >= 0.6 is 24.0 Å². The van der Waals surface area contributed by atoms with Gasteiger partial charge < -0.3 is 25.0 Å². The van der Waals surface area contributed by atoms with Crippen LogP contribution < -0.4 is 20.1 Å². The van der Waals surface area contributed by atoms with Crippen LogP contribution in [0.1, 0.15) is 44.6 Å². The van der Waals surface area contributed by atoms with E-state index in [9.17, 15) is 0 Å². The Labute approximate surface area is 181 Å². The van der Waals surface area contributed by atoms with Gasteiger partial charge in [-0.3, -0.25) is 0 Å². The van der Waals surface area contributed by atoms with Crippen LogP contribution in [0.25, 0.3) is 0 Å². The van der Waals surface area contributed by atoms with Gasteiger partial charge in [0.2, 0.25) is 6.79 Å². The van der Waals surface area contributed by atoms with Crippen molar-refractivity contribution in [3.63, 3.8) is 0 Å². The van der Waals surface area contributed by atoms with E-state index in [1.807, 2.05) is 18.2 Å². The fraction of sp³-hybridized carbons (Fsp3) is 0.650. The maximum atomic E-state index is 5.42. The van der Waals surface area contributed by atoms with Gasteiger partial charge >= 0.3 is 0 Å². The maximum absolute atomic E-state index is 5.42. The van der Waals surface area contributed by atoms with E-state index in [4.69, 9.17) is 9.47 Å². The Kier molecular flexibility index (Phi) is 12.2. The second-order valence-corrected chi connectivity index (χ2v) is 6.88. The average Bonchev–Trinajstić information content (AvgIpc) is 3.09. The summed E-state index contributed by atoms with van der Waals surface area (Å²) in [6.07, 6.45) is 6.36. The smallest absolute Gasteiger partial charge is 0.231 e. The summed E-state index contributed by atoms with van der Waals surface area (Å²) in [5.41, 5.74) is 1.12. The summed E-state index contributed by atoms with van der Waals surface area (Å²) in [4.78, 5) is 6.92. The van der Waals surface area contributed by atoms with Crippen molar-refractivity contribution in [3.05, 3.63) is 23.8 Å². The molecule has 27 heavy (non-hydrogen) atoms. The largest absolute Gasteiger partial charge is 0.454 e. The molecule has 0 unspecified atom stereocenters. The number of nitrogens with one attached hydrogen (secondary N) is 2. The molecule has 2 N–H and O–H groups in total. The summed E-state index contributed by atoms with van der Waals surface area (Å²) in [5, 5.41) is 6.73. The van der Waals surface area contributed by atoms with Crippen LogP contribution in [-0.4, -0.2) is 51.4 Å². The van der Waals surface area contributed by atoms with Crippen molar-refractivity contribution >= 4 is 29.9 Å². The highest BCUT2D eigenvalue weighted by Crippen LogP contribution is 2.32. The van der Waals surface area contributed by atoms with Gasteiger partial charge in [0.1, 0.15) is 0 Å². The first kappa shape index (κ1) is 23.8. The Morgan fingerprint density at radius 1 is 1.04 bits per heavy atom. The monoisotopic (exact) mass is 490 g/mol. The zero-order valence-corrected chi connectivity index (χ0v) is 19.3. The lowest BCUT2D eigenvalue weighted by molar-refractivity contribution is 0.174. The maximum Gasteiger partial charge on any atom is 0.231 e. The third-order valence-electron chi connectivity index (χ3n) is 4.28. The number of hydrogen-bond acceptors (Lipinski definition) is 4. The molecule has 0 spiro atoms. The minimum absolute atomic E-state index is 0. The molecule has 0 saturated carbocycles. The van der Waals surface area contributed by atoms with Crippen LogP contribution in [0.5, 0.6) is 11.5 Å². The van der Waals surface area contributed by atoms with Crippen LogP contribution in [0, 0.1) is 0 Å². The number of aliphatic imine (C=N–C) groups is 1. The van der Waals surface area contributed by atoms with Gasteiger partial charge in [-0.2, -0.15) is 0 Å². The summed E-state index contributed by atoms with van der Waals surface area (Å²) in [5.74, 6) is 2.50. The van der Waals surface area contributed by atoms with E-state index < -0.39 is 0 Å². The Balaban J connectivity index is 0.00000364. The first-order chi connectivity index (χ1) is 12.7. The van der Waals surface area contributed by atoms with Crippen molar-refractivity contribution in [3.8, 4) is 11.5 Å². The number of hydrogen-bond donors (Lipinski definition) is 2. The van der Waals surface area contributed by atoms with Crippen molar-refractivity contribution in [2.24, 2.45) is 4.99 Å². The van der Waals surface area contributed by atoms with Crippen molar-refractivity contribution in [2.75, 3.05) is 40.5 Å². The molecule has 0 amide bonds. The van der Waals surface area contributed by atoms with E-state index >= 15 is 0 Å². The molecule has 1 aromatic carbocycles. The van der Waals surface area contributed by atoms with Crippen LogP contribution in [0.2, 0.25) is 0 Å². The van der Waals surface area contributed by atoms with Crippen molar-refractivity contribution in [1.82, 2.24) is 15.5 Å². The molecule has 0 atom stereocenters. The summed E-state index contributed by atoms with van der Waals surface area (Å²) < 4.78 is 10.8. The third-order valence-corrected chi connectivity index (χ3v) is 4.28. The normalized spacial score (nSPS) is 12.8. The Morgan fingerprint density at radius 3 is 2.56 bits per heavy atom. The van der Waals surface area contributed by atoms with E-state index in [-0.39, 0.29) is 24.0 Å². The molecular weight excluding hydrogens is 455 g/mol. The molecule has 7 heteroatoms. The summed E-state index contributed by atoms with van der Waals surface area (Å²) in [6, 6.07) is 5.99. The molecule has 1 heterocycles. The number of unbranched alkanes of at least 4 members (excludes halogenated alkanes) is 4. The topological polar surface area (TPSA) is 58.1 Å². The van der Waals surface area contributed by atoms with Gasteiger partial charge in [-0.15, -0.1) is 24.0 Å². The highest BCUT2D eigenvalue weighted by molar-refractivity contribution is 14.0. The number of fused-ring (bicyclic) bond motifs is 1. The standard InChI is InChI=1S/C20H34N4O2.HI/c1-4-21-20(22-12-8-6-5-7-9-13-24(2)3)23-15-17-10-11-18-19(14-17)26-16-25-18;/h10-11,14H,4-9,12-13,15-16H2,1-3H3,(H2,21,22,23);1H. The number of halogens is 1. The second-order valence-electron chi connectivity index (χ2n) is 6.88. The molecule has 0 saturated heterocycles. The van der Waals surface area contributed by atoms with E-state index in [0.717, 1.165) is 36.1 Å². The van der Waals surface area contributed by atoms with Gasteiger partial charge in [-0.25, -0.2) is 4.99 Å². The SMILES string of the molecule is CCNC(=NCc1ccc2c(c1)OCO2)NCCCCCCCN(C)C.I. The van der Waals surface area contributed by atoms with Crippen molar-refractivity contribution in [1.29, 1.82) is 0 Å². The van der Waals surface area contributed by atoms with Gasteiger partial charge in [0, 0.05) is 13.1 Å². The Hall–Kier alpha value is -1.22. The van der Waals surface area contributed by atoms with E-state index in [1.165, 1.54) is 38.6 Å². The molecule has 0 aromatic heterocycles. The Morgan fingerprint density at radius 2 is 1.78 bits per heavy atom. The fourth-order valence-electron chi connectivity index (χ4n) is 2.84. The number of benzene rings is 1. The predicted molar refractivity (Wildman–Crippen MR) is 122 cm³/mol. The zero-order chi connectivity index (χ0) is 18.6. The van der Waals surface area contributed by atoms with E-state index in [2.05, 4.69) is 41.5 Å². The van der Waals surface area contributed by atoms with Crippen LogP contribution in [0.15, 0.2) is 23.2 Å². The van der Waals surface area contributed by atoms with Crippen molar-refractivity contribution in [2.45, 2.75) is 45.6 Å². The quantitative estimate of drug-likeness (QED) is 0.215. The van der Waals surface area contributed by atoms with Gasteiger partial charge in [0.05, 0.1) is 6.54 Å². The minimum Gasteiger partial charge on any atom is -0.454 e. The molecule has 1 aliphatic heterocycles. The lowest BCUT2D eigenvalue weighted by Gasteiger charge is -2.12. The third kappa shape index (κ3) is 9.51. The predicted octanol–water partition coefficient (Wildman–Crippen LogP) is 3.60. The molecule has 6 nitrogen and oxygen atoms in total. The second kappa shape index (κ2) is 13.9. The van der Waals surface area contributed by atoms with Gasteiger partial charge in [0.25, 0.3) is 0 Å². The number of rotatable bonds is 11. The van der Waals surface area contributed by atoms with Crippen LogP contribution in [0.3, 0.4) is 0 Å². The van der Waals surface area contributed by atoms with E-state index in [0.29, 0.717) is 13.3 Å². The van der Waals surface area contributed by atoms with Gasteiger partial charge in [0.15, 0.2) is 17.5 Å². The number of nitrogens with zero attached hydrogens (tertiary/aromatic N) is 2. The van der Waals surface area contributed by atoms with E-state index in [1.54, 1.807) is 0 Å². The average molecular weight is 490 g/mol. The molecular formula is C20H35IN4O2. The number of guanidine groups is 1. The van der Waals surface area contributed by atoms with Crippen molar-refractivity contribution < 1.29 is 9.47 Å². The molecule has 0 bridgehead atoms. The first-order valence-electron chi connectivity index (χ1n) is 9.74. The lowest BCUT2D eigenvalue weighted by Crippen LogP contribution is -2.37. The fourth-order valence-corrected chi connectivity index (χ4v) is 2.84. The number of ether oxygens (including phenoxy) is 2. The first-order valence-corrected chi connectivity index (χ1v) is 9.74. The highest BCUT2D eigenvalue weighted by atomic mass is 127. The summed E-state index contributed by atoms with van der Waals surface area (Å²) in [7, 11) is 4.27. The Bertz CT molecular complexity index is 567. The molecule has 1 aliphatic rings. The molecule has 1 aromatic rings. The van der Waals surface area contributed by atoms with Crippen LogP contribution in [-0.2, 0) is 6.54 Å². The molecule has 154 valence electrons. The molecule has 0 radical (unpaired) electrons. The molecule has 0 fully saturated rings. The summed E-state index contributed by atoms with van der Waals surface area (Å²) in [6.45, 7) is 6.02. The minimum atomic E-state index is 0. The summed E-state index contributed by atoms with van der Waals surface area (Å²) >= 11 is 0.